The molecule has 2 amide bonds. The first-order valence-corrected chi connectivity index (χ1v) is 7.64. The van der Waals surface area contributed by atoms with Crippen LogP contribution in [0.5, 0.6) is 5.75 Å². The Balaban J connectivity index is 1.86. The van der Waals surface area contributed by atoms with E-state index in [2.05, 4.69) is 10.6 Å². The van der Waals surface area contributed by atoms with E-state index in [1.54, 1.807) is 24.3 Å². The summed E-state index contributed by atoms with van der Waals surface area (Å²) in [5, 5.41) is 15.7. The number of carbonyl (C=O) groups excluding carboxylic acids is 2. The fraction of sp³-hybridized carbons (Fsp3) is 0.176. The number of ether oxygens (including phenoxy) is 2. The molecule has 2 rings (SSSR count). The molecule has 0 spiro atoms. The zero-order chi connectivity index (χ0) is 19.8. The molecule has 142 valence electrons. The molecule has 10 heteroatoms. The number of nitrogens with zero attached hydrogens (tertiary/aromatic N) is 1. The van der Waals surface area contributed by atoms with Gasteiger partial charge in [0.2, 0.25) is 11.7 Å². The van der Waals surface area contributed by atoms with Crippen LogP contribution in [-0.2, 0) is 14.3 Å². The van der Waals surface area contributed by atoms with Crippen LogP contribution in [0.1, 0.15) is 0 Å². The van der Waals surface area contributed by atoms with Gasteiger partial charge < -0.3 is 20.1 Å². The topological polar surface area (TPSA) is 120 Å². The number of amides is 2. The Labute approximate surface area is 153 Å². The summed E-state index contributed by atoms with van der Waals surface area (Å²) in [6.45, 7) is -0.483. The van der Waals surface area contributed by atoms with Gasteiger partial charge >= 0.3 is 5.69 Å². The second kappa shape index (κ2) is 9.25. The third-order valence-corrected chi connectivity index (χ3v) is 3.21. The Hall–Kier alpha value is -3.53. The number of anilines is 2. The largest absolute Gasteiger partial charge is 0.484 e. The quantitative estimate of drug-likeness (QED) is 0.538. The highest BCUT2D eigenvalue weighted by Gasteiger charge is 2.14. The van der Waals surface area contributed by atoms with Crippen molar-refractivity contribution in [1.29, 1.82) is 0 Å². The Bertz CT molecular complexity index is 841. The Morgan fingerprint density at radius 2 is 1.59 bits per heavy atom. The van der Waals surface area contributed by atoms with Crippen molar-refractivity contribution in [3.05, 3.63) is 58.4 Å². The van der Waals surface area contributed by atoms with Gasteiger partial charge in [0.1, 0.15) is 12.4 Å². The Morgan fingerprint density at radius 3 is 2.07 bits per heavy atom. The molecule has 27 heavy (non-hydrogen) atoms. The number of halogens is 1. The molecular weight excluding hydrogens is 361 g/mol. The maximum Gasteiger partial charge on any atom is 0.305 e. The first kappa shape index (κ1) is 19.8. The lowest BCUT2D eigenvalue weighted by molar-refractivity contribution is -0.387. The average Bonchev–Trinajstić information content (AvgIpc) is 2.61. The van der Waals surface area contributed by atoms with E-state index in [1.165, 1.54) is 13.2 Å². The fourth-order valence-corrected chi connectivity index (χ4v) is 2.04. The molecule has 2 N–H and O–H groups in total. The van der Waals surface area contributed by atoms with Gasteiger partial charge in [-0.2, -0.15) is 4.39 Å². The van der Waals surface area contributed by atoms with E-state index >= 15 is 0 Å². The number of carbonyl (C=O) groups is 2. The zero-order valence-corrected chi connectivity index (χ0v) is 14.2. The van der Waals surface area contributed by atoms with Gasteiger partial charge in [0.15, 0.2) is 6.61 Å². The van der Waals surface area contributed by atoms with Crippen molar-refractivity contribution in [3.63, 3.8) is 0 Å². The third kappa shape index (κ3) is 6.04. The lowest BCUT2D eigenvalue weighted by Gasteiger charge is -2.09. The van der Waals surface area contributed by atoms with E-state index in [1.807, 2.05) is 0 Å². The summed E-state index contributed by atoms with van der Waals surface area (Å²) < 4.78 is 23.3. The summed E-state index contributed by atoms with van der Waals surface area (Å²) in [5.41, 5.74) is 0.320. The Kier molecular flexibility index (Phi) is 6.78. The standard InChI is InChI=1S/C17H16FN3O6/c1-26-9-16(22)19-11-2-4-12(5-3-11)20-17(23)10-27-13-6-7-15(21(24)25)14(18)8-13/h2-8H,9-10H2,1H3,(H,19,22)(H,20,23). The van der Waals surface area contributed by atoms with E-state index in [-0.39, 0.29) is 18.3 Å². The van der Waals surface area contributed by atoms with Crippen LogP contribution in [0.4, 0.5) is 21.5 Å². The molecule has 0 fully saturated rings. The molecule has 0 unspecified atom stereocenters. The summed E-state index contributed by atoms with van der Waals surface area (Å²) in [7, 11) is 1.41. The summed E-state index contributed by atoms with van der Waals surface area (Å²) in [6.07, 6.45) is 0. The van der Waals surface area contributed by atoms with E-state index in [0.29, 0.717) is 11.4 Å². The molecule has 0 aromatic heterocycles. The predicted molar refractivity (Wildman–Crippen MR) is 94.1 cm³/mol. The molecule has 0 bridgehead atoms. The number of nitro groups is 1. The van der Waals surface area contributed by atoms with Crippen LogP contribution in [0.15, 0.2) is 42.5 Å². The molecule has 0 aliphatic rings. The van der Waals surface area contributed by atoms with Crippen LogP contribution in [0.3, 0.4) is 0 Å². The predicted octanol–water partition coefficient (Wildman–Crippen LogP) is 2.34. The molecule has 9 nitrogen and oxygen atoms in total. The second-order valence-corrected chi connectivity index (χ2v) is 5.27. The second-order valence-electron chi connectivity index (χ2n) is 5.27. The monoisotopic (exact) mass is 377 g/mol. The van der Waals surface area contributed by atoms with Crippen LogP contribution in [-0.4, -0.2) is 37.1 Å². The van der Waals surface area contributed by atoms with Gasteiger partial charge in [0, 0.05) is 30.6 Å². The molecule has 0 heterocycles. The summed E-state index contributed by atoms with van der Waals surface area (Å²) in [5.74, 6) is -1.88. The minimum Gasteiger partial charge on any atom is -0.484 e. The van der Waals surface area contributed by atoms with E-state index in [4.69, 9.17) is 9.47 Å². The minimum atomic E-state index is -1.05. The minimum absolute atomic E-state index is 0.00977. The third-order valence-electron chi connectivity index (χ3n) is 3.21. The molecular formula is C17H16FN3O6. The van der Waals surface area contributed by atoms with Gasteiger partial charge in [-0.3, -0.25) is 19.7 Å². The normalized spacial score (nSPS) is 10.1. The highest BCUT2D eigenvalue weighted by Crippen LogP contribution is 2.22. The fourth-order valence-electron chi connectivity index (χ4n) is 2.04. The van der Waals surface area contributed by atoms with Crippen LogP contribution < -0.4 is 15.4 Å². The molecule has 2 aromatic rings. The highest BCUT2D eigenvalue weighted by atomic mass is 19.1. The first-order chi connectivity index (χ1) is 12.9. The molecule has 0 aliphatic heterocycles. The van der Waals surface area contributed by atoms with E-state index in [9.17, 15) is 24.1 Å². The van der Waals surface area contributed by atoms with Gasteiger partial charge in [-0.15, -0.1) is 0 Å². The number of nitro benzene ring substituents is 1. The van der Waals surface area contributed by atoms with Crippen molar-refractivity contribution in [2.45, 2.75) is 0 Å². The molecule has 0 saturated carbocycles. The number of nitrogens with one attached hydrogen (secondary N) is 2. The summed E-state index contributed by atoms with van der Waals surface area (Å²) in [6, 6.07) is 9.33. The molecule has 2 aromatic carbocycles. The number of methoxy groups -OCH3 is 1. The van der Waals surface area contributed by atoms with E-state index < -0.39 is 28.9 Å². The van der Waals surface area contributed by atoms with Gasteiger partial charge in [-0.25, -0.2) is 0 Å². The summed E-state index contributed by atoms with van der Waals surface area (Å²) in [4.78, 5) is 33.0. The highest BCUT2D eigenvalue weighted by molar-refractivity contribution is 5.93. The smallest absolute Gasteiger partial charge is 0.305 e. The first-order valence-electron chi connectivity index (χ1n) is 7.64. The van der Waals surface area contributed by atoms with Gasteiger partial charge in [-0.1, -0.05) is 0 Å². The lowest BCUT2D eigenvalue weighted by atomic mass is 10.2. The van der Waals surface area contributed by atoms with Crippen molar-refractivity contribution in [2.75, 3.05) is 31.0 Å². The maximum atomic E-state index is 13.5. The molecule has 0 saturated heterocycles. The molecule has 0 aliphatic carbocycles. The van der Waals surface area contributed by atoms with Crippen molar-refractivity contribution in [3.8, 4) is 5.75 Å². The average molecular weight is 377 g/mol. The van der Waals surface area contributed by atoms with Gasteiger partial charge in [0.25, 0.3) is 5.91 Å². The van der Waals surface area contributed by atoms with Crippen LogP contribution >= 0.6 is 0 Å². The van der Waals surface area contributed by atoms with Crippen LogP contribution in [0.2, 0.25) is 0 Å². The number of hydrogen-bond donors (Lipinski definition) is 2. The molecule has 0 atom stereocenters. The summed E-state index contributed by atoms with van der Waals surface area (Å²) >= 11 is 0. The van der Waals surface area contributed by atoms with Gasteiger partial charge in [-0.05, 0) is 30.3 Å². The van der Waals surface area contributed by atoms with Crippen molar-refractivity contribution < 1.29 is 28.4 Å². The van der Waals surface area contributed by atoms with Crippen LogP contribution in [0.25, 0.3) is 0 Å². The number of rotatable bonds is 8. The lowest BCUT2D eigenvalue weighted by Crippen LogP contribution is -2.20. The zero-order valence-electron chi connectivity index (χ0n) is 14.2. The maximum absolute atomic E-state index is 13.5. The van der Waals surface area contributed by atoms with Crippen LogP contribution in [0, 0.1) is 15.9 Å². The van der Waals surface area contributed by atoms with E-state index in [0.717, 1.165) is 12.1 Å². The van der Waals surface area contributed by atoms with Crippen molar-refractivity contribution in [2.24, 2.45) is 0 Å². The number of hydrogen-bond acceptors (Lipinski definition) is 6. The van der Waals surface area contributed by atoms with Crippen molar-refractivity contribution >= 4 is 28.9 Å². The van der Waals surface area contributed by atoms with Gasteiger partial charge in [0.05, 0.1) is 4.92 Å². The number of benzene rings is 2. The SMILES string of the molecule is COCC(=O)Nc1ccc(NC(=O)COc2ccc([N+](=O)[O-])c(F)c2)cc1. The van der Waals surface area contributed by atoms with Crippen molar-refractivity contribution in [1.82, 2.24) is 0 Å². The molecule has 0 radical (unpaired) electrons. The Morgan fingerprint density at radius 1 is 1.04 bits per heavy atom.